The van der Waals surface area contributed by atoms with Gasteiger partial charge < -0.3 is 15.1 Å². The average molecular weight is 341 g/mol. The van der Waals surface area contributed by atoms with Gasteiger partial charge in [0.05, 0.1) is 12.8 Å². The van der Waals surface area contributed by atoms with Crippen LogP contribution < -0.4 is 15.4 Å². The quantitative estimate of drug-likeness (QED) is 0.697. The van der Waals surface area contributed by atoms with Crippen LogP contribution in [0.2, 0.25) is 0 Å². The van der Waals surface area contributed by atoms with Gasteiger partial charge in [-0.2, -0.15) is 0 Å². The van der Waals surface area contributed by atoms with Crippen LogP contribution >= 0.6 is 0 Å². The molecule has 0 aromatic carbocycles. The van der Waals surface area contributed by atoms with Gasteiger partial charge in [-0.1, -0.05) is 0 Å². The van der Waals surface area contributed by atoms with Crippen molar-refractivity contribution in [3.05, 3.63) is 23.7 Å². The molecule has 1 saturated heterocycles. The standard InChI is InChI=1S/C15H23N3O4S/c1-23(20,21)17-9-11-2-3-14(22-11)15(19)18-13-8-12(13)10-4-6-16-7-5-10/h2-3,10,12-13,16-17H,4-9H2,1H3,(H,18,19)/t12-,13+/m0/s1. The highest BCUT2D eigenvalue weighted by Crippen LogP contribution is 2.41. The van der Waals surface area contributed by atoms with Gasteiger partial charge in [0.2, 0.25) is 10.0 Å². The van der Waals surface area contributed by atoms with E-state index in [0.29, 0.717) is 17.6 Å². The maximum Gasteiger partial charge on any atom is 0.287 e. The van der Waals surface area contributed by atoms with Crippen molar-refractivity contribution in [3.8, 4) is 0 Å². The van der Waals surface area contributed by atoms with Crippen LogP contribution in [-0.4, -0.2) is 39.7 Å². The van der Waals surface area contributed by atoms with Gasteiger partial charge in [0.15, 0.2) is 5.76 Å². The summed E-state index contributed by atoms with van der Waals surface area (Å²) in [7, 11) is -3.28. The van der Waals surface area contributed by atoms with E-state index in [4.69, 9.17) is 4.42 Å². The molecular weight excluding hydrogens is 318 g/mol. The molecular formula is C15H23N3O4S. The number of hydrogen-bond acceptors (Lipinski definition) is 5. The number of nitrogens with one attached hydrogen (secondary N) is 3. The summed E-state index contributed by atoms with van der Waals surface area (Å²) in [5.74, 6) is 1.71. The van der Waals surface area contributed by atoms with E-state index in [-0.39, 0.29) is 24.3 Å². The number of furan rings is 1. The molecule has 7 nitrogen and oxygen atoms in total. The van der Waals surface area contributed by atoms with E-state index in [1.165, 1.54) is 12.8 Å². The molecule has 2 heterocycles. The zero-order valence-electron chi connectivity index (χ0n) is 13.2. The van der Waals surface area contributed by atoms with Crippen molar-refractivity contribution in [3.63, 3.8) is 0 Å². The predicted octanol–water partition coefficient (Wildman–Crippen LogP) is 0.447. The van der Waals surface area contributed by atoms with Gasteiger partial charge in [-0.3, -0.25) is 4.79 Å². The summed E-state index contributed by atoms with van der Waals surface area (Å²) in [6, 6.07) is 3.44. The van der Waals surface area contributed by atoms with Gasteiger partial charge in [0, 0.05) is 6.04 Å². The maximum absolute atomic E-state index is 12.2. The SMILES string of the molecule is CS(=O)(=O)NCc1ccc(C(=O)N[C@@H]2C[C@H]2C2CCNCC2)o1. The second kappa shape index (κ2) is 6.62. The molecule has 2 aliphatic rings. The number of sulfonamides is 1. The van der Waals surface area contributed by atoms with Crippen molar-refractivity contribution in [1.29, 1.82) is 0 Å². The summed E-state index contributed by atoms with van der Waals surface area (Å²) in [4.78, 5) is 12.2. The highest BCUT2D eigenvalue weighted by Gasteiger charge is 2.44. The Balaban J connectivity index is 1.48. The number of rotatable bonds is 6. The van der Waals surface area contributed by atoms with Gasteiger partial charge >= 0.3 is 0 Å². The molecule has 1 aliphatic heterocycles. The molecule has 3 N–H and O–H groups in total. The van der Waals surface area contributed by atoms with Gasteiger partial charge in [0.1, 0.15) is 5.76 Å². The lowest BCUT2D eigenvalue weighted by Crippen LogP contribution is -2.32. The van der Waals surface area contributed by atoms with Crippen LogP contribution in [0, 0.1) is 11.8 Å². The minimum Gasteiger partial charge on any atom is -0.455 e. The van der Waals surface area contributed by atoms with E-state index in [0.717, 1.165) is 25.8 Å². The molecule has 1 amide bonds. The van der Waals surface area contributed by atoms with Crippen molar-refractivity contribution in [2.45, 2.75) is 31.8 Å². The van der Waals surface area contributed by atoms with E-state index in [2.05, 4.69) is 15.4 Å². The van der Waals surface area contributed by atoms with Gasteiger partial charge in [-0.15, -0.1) is 0 Å². The van der Waals surface area contributed by atoms with E-state index in [9.17, 15) is 13.2 Å². The minimum absolute atomic E-state index is 0.0489. The van der Waals surface area contributed by atoms with Crippen molar-refractivity contribution in [2.24, 2.45) is 11.8 Å². The van der Waals surface area contributed by atoms with Crippen LogP contribution in [0.1, 0.15) is 35.6 Å². The average Bonchev–Trinajstić information content (AvgIpc) is 3.10. The summed E-state index contributed by atoms with van der Waals surface area (Å²) >= 11 is 0. The first-order valence-corrected chi connectivity index (χ1v) is 9.86. The lowest BCUT2D eigenvalue weighted by Gasteiger charge is -2.22. The van der Waals surface area contributed by atoms with Crippen molar-refractivity contribution in [2.75, 3.05) is 19.3 Å². The highest BCUT2D eigenvalue weighted by molar-refractivity contribution is 7.88. The summed E-state index contributed by atoms with van der Waals surface area (Å²) in [6.07, 6.45) is 4.48. The third-order valence-corrected chi connectivity index (χ3v) is 5.21. The molecule has 2 fully saturated rings. The number of amides is 1. The molecule has 0 unspecified atom stereocenters. The number of carbonyl (C=O) groups is 1. The molecule has 1 aliphatic carbocycles. The van der Waals surface area contributed by atoms with Gasteiger partial charge in [0.25, 0.3) is 5.91 Å². The molecule has 2 atom stereocenters. The topological polar surface area (TPSA) is 100 Å². The second-order valence-electron chi connectivity index (χ2n) is 6.43. The molecule has 23 heavy (non-hydrogen) atoms. The Kier molecular flexibility index (Phi) is 4.74. The monoisotopic (exact) mass is 341 g/mol. The third kappa shape index (κ3) is 4.55. The minimum atomic E-state index is -3.28. The van der Waals surface area contributed by atoms with Crippen LogP contribution in [0.5, 0.6) is 0 Å². The first-order valence-electron chi connectivity index (χ1n) is 7.97. The van der Waals surface area contributed by atoms with E-state index in [1.807, 2.05) is 0 Å². The van der Waals surface area contributed by atoms with Crippen LogP contribution in [0.25, 0.3) is 0 Å². The maximum atomic E-state index is 12.2. The molecule has 0 bridgehead atoms. The Labute approximate surface area is 136 Å². The smallest absolute Gasteiger partial charge is 0.287 e. The summed E-state index contributed by atoms with van der Waals surface area (Å²) in [5, 5.41) is 6.36. The van der Waals surface area contributed by atoms with Gasteiger partial charge in [-0.05, 0) is 56.3 Å². The number of hydrogen-bond donors (Lipinski definition) is 3. The molecule has 3 rings (SSSR count). The Morgan fingerprint density at radius 1 is 1.35 bits per heavy atom. The Bertz CT molecular complexity index is 664. The second-order valence-corrected chi connectivity index (χ2v) is 8.26. The fraction of sp³-hybridized carbons (Fsp3) is 0.667. The van der Waals surface area contributed by atoms with Gasteiger partial charge in [-0.25, -0.2) is 13.1 Å². The lowest BCUT2D eigenvalue weighted by atomic mass is 9.93. The lowest BCUT2D eigenvalue weighted by molar-refractivity contribution is 0.0917. The number of piperidine rings is 1. The van der Waals surface area contributed by atoms with Crippen LogP contribution in [0.3, 0.4) is 0 Å². The van der Waals surface area contributed by atoms with E-state index >= 15 is 0 Å². The Hall–Kier alpha value is -1.38. The largest absolute Gasteiger partial charge is 0.455 e. The Morgan fingerprint density at radius 3 is 2.78 bits per heavy atom. The van der Waals surface area contributed by atoms with Crippen LogP contribution in [0.15, 0.2) is 16.5 Å². The molecule has 1 aromatic heterocycles. The van der Waals surface area contributed by atoms with E-state index in [1.54, 1.807) is 12.1 Å². The van der Waals surface area contributed by atoms with E-state index < -0.39 is 10.0 Å². The zero-order chi connectivity index (χ0) is 16.4. The zero-order valence-corrected chi connectivity index (χ0v) is 14.0. The first kappa shape index (κ1) is 16.5. The highest BCUT2D eigenvalue weighted by atomic mass is 32.2. The summed E-state index contributed by atoms with van der Waals surface area (Å²) in [6.45, 7) is 2.18. The molecule has 0 radical (unpaired) electrons. The first-order chi connectivity index (χ1) is 10.9. The summed E-state index contributed by atoms with van der Waals surface area (Å²) in [5.41, 5.74) is 0. The summed E-state index contributed by atoms with van der Waals surface area (Å²) < 4.78 is 29.8. The van der Waals surface area contributed by atoms with Crippen molar-refractivity contribution in [1.82, 2.24) is 15.4 Å². The third-order valence-electron chi connectivity index (χ3n) is 4.54. The fourth-order valence-corrected chi connectivity index (χ4v) is 3.62. The Morgan fingerprint density at radius 2 is 2.09 bits per heavy atom. The van der Waals surface area contributed by atoms with Crippen LogP contribution in [-0.2, 0) is 16.6 Å². The van der Waals surface area contributed by atoms with Crippen molar-refractivity contribution < 1.29 is 17.6 Å². The molecule has 128 valence electrons. The molecule has 0 spiro atoms. The molecule has 1 aromatic rings. The van der Waals surface area contributed by atoms with Crippen LogP contribution in [0.4, 0.5) is 0 Å². The molecule has 1 saturated carbocycles. The fourth-order valence-electron chi connectivity index (χ4n) is 3.21. The normalized spacial score (nSPS) is 25.3. The molecule has 8 heteroatoms. The number of carbonyl (C=O) groups excluding carboxylic acids is 1. The van der Waals surface area contributed by atoms with Crippen molar-refractivity contribution >= 4 is 15.9 Å². The predicted molar refractivity (Wildman–Crippen MR) is 85.3 cm³/mol.